The molecule has 5 aromatic rings. The lowest BCUT2D eigenvalue weighted by molar-refractivity contribution is -0.141. The van der Waals surface area contributed by atoms with Crippen LogP contribution in [0.25, 0.3) is 16.8 Å². The van der Waals surface area contributed by atoms with E-state index >= 15 is 0 Å². The van der Waals surface area contributed by atoms with Gasteiger partial charge < -0.3 is 20.7 Å². The van der Waals surface area contributed by atoms with E-state index in [2.05, 4.69) is 57.4 Å². The maximum atomic E-state index is 13.9. The molecule has 2 amide bonds. The molecule has 3 N–H and O–H groups in total. The molecule has 4 aromatic carbocycles. The molecule has 270 valence electrons. The summed E-state index contributed by atoms with van der Waals surface area (Å²) >= 11 is 0. The highest BCUT2D eigenvalue weighted by atomic mass is 19.4. The average molecular weight is 710 g/mol. The van der Waals surface area contributed by atoms with E-state index in [1.54, 1.807) is 51.1 Å². The van der Waals surface area contributed by atoms with Crippen molar-refractivity contribution in [3.8, 4) is 16.8 Å². The van der Waals surface area contributed by atoms with Crippen LogP contribution in [-0.4, -0.2) is 33.9 Å². The minimum absolute atomic E-state index is 0.0509. The van der Waals surface area contributed by atoms with Gasteiger partial charge in [-0.05, 0) is 91.7 Å². The minimum atomic E-state index is -4.79. The van der Waals surface area contributed by atoms with Crippen LogP contribution in [0, 0.1) is 5.92 Å². The third kappa shape index (κ3) is 9.67. The number of nitrogens with zero attached hydrogens (tertiary/aromatic N) is 2. The Kier molecular flexibility index (Phi) is 10.8. The normalized spacial score (nSPS) is 13.7. The van der Waals surface area contributed by atoms with E-state index in [-0.39, 0.29) is 24.0 Å². The molecule has 8 nitrogen and oxygen atoms in total. The van der Waals surface area contributed by atoms with Gasteiger partial charge in [0.15, 0.2) is 5.69 Å². The van der Waals surface area contributed by atoms with Crippen molar-refractivity contribution in [3.05, 3.63) is 137 Å². The first-order valence-electron chi connectivity index (χ1n) is 17.4. The van der Waals surface area contributed by atoms with E-state index in [4.69, 9.17) is 4.74 Å². The van der Waals surface area contributed by atoms with Crippen LogP contribution in [-0.2, 0) is 17.5 Å². The van der Waals surface area contributed by atoms with Crippen molar-refractivity contribution in [1.29, 1.82) is 0 Å². The molecule has 1 atom stereocenters. The first-order chi connectivity index (χ1) is 24.8. The molecule has 0 radical (unpaired) electrons. The highest BCUT2D eigenvalue weighted by Crippen LogP contribution is 2.34. The van der Waals surface area contributed by atoms with Gasteiger partial charge in [-0.1, -0.05) is 91.7 Å². The zero-order valence-electron chi connectivity index (χ0n) is 29.3. The SMILES string of the molecule is CC(C)(C)OC(=O)NCc1cccc(-n2nc(C(F)(F)F)cc2C(=O)Nc2cccc(C(NCCC3CC3)c3ccc(-c4ccccc4)cc3)c2)c1. The number of carbonyl (C=O) groups excluding carboxylic acids is 2. The molecule has 1 aromatic heterocycles. The van der Waals surface area contributed by atoms with Crippen molar-refractivity contribution < 1.29 is 27.5 Å². The van der Waals surface area contributed by atoms with Crippen molar-refractivity contribution >= 4 is 17.7 Å². The van der Waals surface area contributed by atoms with E-state index in [0.29, 0.717) is 11.3 Å². The maximum absolute atomic E-state index is 13.9. The lowest BCUT2D eigenvalue weighted by Gasteiger charge is -2.21. The maximum Gasteiger partial charge on any atom is 0.435 e. The van der Waals surface area contributed by atoms with Gasteiger partial charge in [0, 0.05) is 18.3 Å². The molecule has 1 aliphatic carbocycles. The summed E-state index contributed by atoms with van der Waals surface area (Å²) in [5.74, 6) is -0.0181. The van der Waals surface area contributed by atoms with E-state index < -0.39 is 29.5 Å². The van der Waals surface area contributed by atoms with Gasteiger partial charge in [-0.25, -0.2) is 9.48 Å². The molecule has 6 rings (SSSR count). The van der Waals surface area contributed by atoms with E-state index in [0.717, 1.165) is 51.9 Å². The number of aromatic nitrogens is 2. The van der Waals surface area contributed by atoms with Crippen molar-refractivity contribution in [2.45, 2.75) is 64.4 Å². The summed E-state index contributed by atoms with van der Waals surface area (Å²) in [6.07, 6.45) is -1.85. The van der Waals surface area contributed by atoms with Gasteiger partial charge in [0.2, 0.25) is 0 Å². The largest absolute Gasteiger partial charge is 0.444 e. The average Bonchev–Trinajstić information content (AvgIpc) is 3.82. The van der Waals surface area contributed by atoms with Crippen molar-refractivity contribution in [2.75, 3.05) is 11.9 Å². The standard InChI is InChI=1S/C41H42F3N5O3/c1-40(2,3)52-39(51)46-26-28-9-7-14-34(23-28)49-35(25-36(48-49)41(42,43)44)38(50)47-33-13-8-12-32(24-33)37(45-22-21-27-15-16-27)31-19-17-30(18-20-31)29-10-5-4-6-11-29/h4-14,17-20,23-25,27,37,45H,15-16,21-22,26H2,1-3H3,(H,46,51)(H,47,50). The van der Waals surface area contributed by atoms with Crippen molar-refractivity contribution in [3.63, 3.8) is 0 Å². The summed E-state index contributed by atoms with van der Waals surface area (Å²) in [4.78, 5) is 25.9. The molecular formula is C41H42F3N5O3. The number of nitrogens with one attached hydrogen (secondary N) is 3. The first kappa shape index (κ1) is 36.4. The molecule has 0 aliphatic heterocycles. The van der Waals surface area contributed by atoms with Gasteiger partial charge >= 0.3 is 12.3 Å². The highest BCUT2D eigenvalue weighted by Gasteiger charge is 2.36. The van der Waals surface area contributed by atoms with Crippen molar-refractivity contribution in [2.24, 2.45) is 5.92 Å². The number of hydrogen-bond acceptors (Lipinski definition) is 5. The number of alkyl halides is 3. The minimum Gasteiger partial charge on any atom is -0.444 e. The Labute approximate surface area is 301 Å². The number of amides is 2. The fourth-order valence-electron chi connectivity index (χ4n) is 5.92. The van der Waals surface area contributed by atoms with Gasteiger partial charge in [-0.15, -0.1) is 0 Å². The Balaban J connectivity index is 1.24. The summed E-state index contributed by atoms with van der Waals surface area (Å²) in [6, 6.07) is 32.8. The zero-order chi connectivity index (χ0) is 36.9. The fraction of sp³-hybridized carbons (Fsp3) is 0.293. The van der Waals surface area contributed by atoms with Gasteiger partial charge in [-0.2, -0.15) is 18.3 Å². The number of ether oxygens (including phenoxy) is 1. The third-order valence-corrected chi connectivity index (χ3v) is 8.65. The van der Waals surface area contributed by atoms with Crippen LogP contribution in [0.5, 0.6) is 0 Å². The fourth-order valence-corrected chi connectivity index (χ4v) is 5.92. The van der Waals surface area contributed by atoms with Crippen LogP contribution in [0.1, 0.15) is 78.9 Å². The van der Waals surface area contributed by atoms with E-state index in [1.165, 1.54) is 12.8 Å². The Bertz CT molecular complexity index is 2000. The van der Waals surface area contributed by atoms with Crippen molar-refractivity contribution in [1.82, 2.24) is 20.4 Å². The van der Waals surface area contributed by atoms with Crippen LogP contribution in [0.15, 0.2) is 109 Å². The smallest absolute Gasteiger partial charge is 0.435 e. The zero-order valence-corrected chi connectivity index (χ0v) is 29.3. The molecule has 52 heavy (non-hydrogen) atoms. The van der Waals surface area contributed by atoms with Gasteiger partial charge in [0.05, 0.1) is 11.7 Å². The molecule has 0 bridgehead atoms. The number of carbonyl (C=O) groups is 2. The molecule has 1 fully saturated rings. The summed E-state index contributed by atoms with van der Waals surface area (Å²) in [5, 5.41) is 12.9. The summed E-state index contributed by atoms with van der Waals surface area (Å²) in [7, 11) is 0. The molecule has 0 saturated heterocycles. The summed E-state index contributed by atoms with van der Waals surface area (Å²) < 4.78 is 48.0. The number of halogens is 3. The number of benzene rings is 4. The molecular weight excluding hydrogens is 667 g/mol. The number of rotatable bonds is 12. The highest BCUT2D eigenvalue weighted by molar-refractivity contribution is 6.03. The topological polar surface area (TPSA) is 97.3 Å². The molecule has 1 aliphatic rings. The van der Waals surface area contributed by atoms with Gasteiger partial charge in [0.1, 0.15) is 11.3 Å². The lowest BCUT2D eigenvalue weighted by Crippen LogP contribution is -2.32. The second kappa shape index (κ2) is 15.4. The first-order valence-corrected chi connectivity index (χ1v) is 17.4. The monoisotopic (exact) mass is 709 g/mol. The van der Waals surface area contributed by atoms with E-state index in [9.17, 15) is 22.8 Å². The molecule has 1 heterocycles. The Morgan fingerprint density at radius 1 is 0.846 bits per heavy atom. The predicted octanol–water partition coefficient (Wildman–Crippen LogP) is 9.31. The lowest BCUT2D eigenvalue weighted by atomic mass is 9.95. The Hall–Kier alpha value is -5.42. The molecule has 1 saturated carbocycles. The molecule has 1 unspecified atom stereocenters. The van der Waals surface area contributed by atoms with Gasteiger partial charge in [-0.3, -0.25) is 4.79 Å². The number of hydrogen-bond donors (Lipinski definition) is 3. The Morgan fingerprint density at radius 2 is 1.56 bits per heavy atom. The van der Waals surface area contributed by atoms with E-state index in [1.807, 2.05) is 36.4 Å². The Morgan fingerprint density at radius 3 is 2.25 bits per heavy atom. The van der Waals surface area contributed by atoms with Crippen LogP contribution < -0.4 is 16.0 Å². The van der Waals surface area contributed by atoms with Crippen LogP contribution in [0.4, 0.5) is 23.7 Å². The second-order valence-electron chi connectivity index (χ2n) is 14.0. The van der Waals surface area contributed by atoms with Gasteiger partial charge in [0.25, 0.3) is 5.91 Å². The number of alkyl carbamates (subject to hydrolysis) is 1. The predicted molar refractivity (Wildman–Crippen MR) is 195 cm³/mol. The molecule has 11 heteroatoms. The third-order valence-electron chi connectivity index (χ3n) is 8.65. The van der Waals surface area contributed by atoms with Crippen LogP contribution in [0.2, 0.25) is 0 Å². The quantitative estimate of drug-likeness (QED) is 0.120. The summed E-state index contributed by atoms with van der Waals surface area (Å²) in [6.45, 7) is 6.08. The number of anilines is 1. The van der Waals surface area contributed by atoms with Crippen LogP contribution in [0.3, 0.4) is 0 Å². The van der Waals surface area contributed by atoms with Crippen LogP contribution >= 0.6 is 0 Å². The molecule has 0 spiro atoms. The summed E-state index contributed by atoms with van der Waals surface area (Å²) in [5.41, 5.74) is 3.18. The second-order valence-corrected chi connectivity index (χ2v) is 14.0.